The molecule has 3 N–H and O–H groups in total. The number of carbonyl (C=O) groups excluding carboxylic acids is 1. The number of aromatic nitrogens is 2. The van der Waals surface area contributed by atoms with Crippen LogP contribution in [0.1, 0.15) is 26.7 Å². The van der Waals surface area contributed by atoms with Gasteiger partial charge in [-0.1, -0.05) is 13.8 Å². The van der Waals surface area contributed by atoms with Crippen LogP contribution in [0.2, 0.25) is 0 Å². The van der Waals surface area contributed by atoms with Crippen LogP contribution in [0.15, 0.2) is 18.5 Å². The second-order valence-corrected chi connectivity index (χ2v) is 5.05. The molecule has 0 saturated carbocycles. The minimum atomic E-state index is 0.0817. The van der Waals surface area contributed by atoms with E-state index in [4.69, 9.17) is 5.73 Å². The number of nitrogens with two attached hydrogens (primary N) is 1. The first-order valence-corrected chi connectivity index (χ1v) is 6.56. The first-order chi connectivity index (χ1) is 8.61. The molecule has 0 spiro atoms. The van der Waals surface area contributed by atoms with Crippen LogP contribution >= 0.6 is 0 Å². The van der Waals surface area contributed by atoms with Crippen molar-refractivity contribution in [3.8, 4) is 0 Å². The van der Waals surface area contributed by atoms with E-state index >= 15 is 0 Å². The van der Waals surface area contributed by atoms with Gasteiger partial charge in [-0.25, -0.2) is 0 Å². The predicted molar refractivity (Wildman–Crippen MR) is 71.9 cm³/mol. The Kier molecular flexibility index (Phi) is 6.43. The lowest BCUT2D eigenvalue weighted by Gasteiger charge is -2.16. The van der Waals surface area contributed by atoms with Crippen LogP contribution in [0.3, 0.4) is 0 Å². The van der Waals surface area contributed by atoms with Crippen molar-refractivity contribution in [3.63, 3.8) is 0 Å². The SMILES string of the molecule is CC(C)CC(CN)CC(=O)NCCn1cccn1. The molecule has 1 atom stereocenters. The Morgan fingerprint density at radius 3 is 2.83 bits per heavy atom. The molecule has 0 bridgehead atoms. The van der Waals surface area contributed by atoms with Crippen molar-refractivity contribution in [3.05, 3.63) is 18.5 Å². The average Bonchev–Trinajstić information content (AvgIpc) is 2.80. The Balaban J connectivity index is 2.19. The number of nitrogens with zero attached hydrogens (tertiary/aromatic N) is 2. The van der Waals surface area contributed by atoms with Crippen molar-refractivity contribution < 1.29 is 4.79 Å². The molecule has 1 amide bonds. The lowest BCUT2D eigenvalue weighted by atomic mass is 9.94. The van der Waals surface area contributed by atoms with Gasteiger partial charge in [0.1, 0.15) is 0 Å². The van der Waals surface area contributed by atoms with Crippen molar-refractivity contribution in [2.45, 2.75) is 33.2 Å². The summed E-state index contributed by atoms with van der Waals surface area (Å²) in [6.45, 7) is 6.19. The van der Waals surface area contributed by atoms with Crippen LogP contribution in [0.25, 0.3) is 0 Å². The molecular weight excluding hydrogens is 228 g/mol. The minimum Gasteiger partial charge on any atom is -0.354 e. The summed E-state index contributed by atoms with van der Waals surface area (Å²) in [7, 11) is 0. The molecule has 102 valence electrons. The Hall–Kier alpha value is -1.36. The van der Waals surface area contributed by atoms with Gasteiger partial charge in [-0.3, -0.25) is 9.48 Å². The Morgan fingerprint density at radius 2 is 2.28 bits per heavy atom. The van der Waals surface area contributed by atoms with Crippen molar-refractivity contribution in [1.29, 1.82) is 0 Å². The van der Waals surface area contributed by atoms with E-state index in [1.165, 1.54) is 0 Å². The topological polar surface area (TPSA) is 72.9 Å². The average molecular weight is 252 g/mol. The molecule has 0 aliphatic heterocycles. The van der Waals surface area contributed by atoms with Gasteiger partial charge in [-0.05, 0) is 30.9 Å². The summed E-state index contributed by atoms with van der Waals surface area (Å²) in [4.78, 5) is 11.7. The highest BCUT2D eigenvalue weighted by Gasteiger charge is 2.13. The van der Waals surface area contributed by atoms with E-state index < -0.39 is 0 Å². The van der Waals surface area contributed by atoms with Crippen LogP contribution in [0.4, 0.5) is 0 Å². The Morgan fingerprint density at radius 1 is 1.50 bits per heavy atom. The van der Waals surface area contributed by atoms with Crippen LogP contribution in [0.5, 0.6) is 0 Å². The molecule has 5 nitrogen and oxygen atoms in total. The van der Waals surface area contributed by atoms with Gasteiger partial charge >= 0.3 is 0 Å². The Labute approximate surface area is 109 Å². The normalized spacial score (nSPS) is 12.7. The molecule has 0 fully saturated rings. The maximum Gasteiger partial charge on any atom is 0.220 e. The summed E-state index contributed by atoms with van der Waals surface area (Å²) < 4.78 is 1.80. The number of hydrogen-bond donors (Lipinski definition) is 2. The second kappa shape index (κ2) is 7.87. The van der Waals surface area contributed by atoms with E-state index in [0.29, 0.717) is 32.0 Å². The highest BCUT2D eigenvalue weighted by atomic mass is 16.1. The van der Waals surface area contributed by atoms with Gasteiger partial charge in [0, 0.05) is 25.4 Å². The third-order valence-electron chi connectivity index (χ3n) is 2.83. The molecule has 0 saturated heterocycles. The maximum absolute atomic E-state index is 11.7. The van der Waals surface area contributed by atoms with E-state index in [1.807, 2.05) is 12.3 Å². The maximum atomic E-state index is 11.7. The first kappa shape index (κ1) is 14.7. The highest BCUT2D eigenvalue weighted by molar-refractivity contribution is 5.76. The molecule has 1 unspecified atom stereocenters. The number of hydrogen-bond acceptors (Lipinski definition) is 3. The van der Waals surface area contributed by atoms with E-state index in [0.717, 1.165) is 6.42 Å². The summed E-state index contributed by atoms with van der Waals surface area (Å²) in [5.41, 5.74) is 5.68. The summed E-state index contributed by atoms with van der Waals surface area (Å²) in [6, 6.07) is 1.87. The summed E-state index contributed by atoms with van der Waals surface area (Å²) in [6.07, 6.45) is 5.14. The van der Waals surface area contributed by atoms with Gasteiger partial charge in [-0.2, -0.15) is 5.10 Å². The summed E-state index contributed by atoms with van der Waals surface area (Å²) >= 11 is 0. The molecule has 1 heterocycles. The van der Waals surface area contributed by atoms with Crippen LogP contribution in [-0.4, -0.2) is 28.8 Å². The predicted octanol–water partition coefficient (Wildman–Crippen LogP) is 1.01. The van der Waals surface area contributed by atoms with E-state index in [1.54, 1.807) is 10.9 Å². The zero-order valence-electron chi connectivity index (χ0n) is 11.3. The van der Waals surface area contributed by atoms with Crippen molar-refractivity contribution >= 4 is 5.91 Å². The van der Waals surface area contributed by atoms with Gasteiger partial charge in [0.2, 0.25) is 5.91 Å². The molecule has 18 heavy (non-hydrogen) atoms. The minimum absolute atomic E-state index is 0.0817. The van der Waals surface area contributed by atoms with E-state index in [9.17, 15) is 4.79 Å². The van der Waals surface area contributed by atoms with E-state index in [-0.39, 0.29) is 11.8 Å². The smallest absolute Gasteiger partial charge is 0.220 e. The van der Waals surface area contributed by atoms with Crippen molar-refractivity contribution in [1.82, 2.24) is 15.1 Å². The van der Waals surface area contributed by atoms with Crippen molar-refractivity contribution in [2.75, 3.05) is 13.1 Å². The van der Waals surface area contributed by atoms with E-state index in [2.05, 4.69) is 24.3 Å². The fourth-order valence-corrected chi connectivity index (χ4v) is 2.01. The summed E-state index contributed by atoms with van der Waals surface area (Å²) in [5.74, 6) is 0.948. The molecular formula is C13H24N4O. The zero-order chi connectivity index (χ0) is 13.4. The standard InChI is InChI=1S/C13H24N4O/c1-11(2)8-12(10-14)9-13(18)15-5-7-17-6-3-4-16-17/h3-4,6,11-12H,5,7-10,14H2,1-2H3,(H,15,18). The number of rotatable bonds is 8. The molecule has 0 aliphatic rings. The lowest BCUT2D eigenvalue weighted by Crippen LogP contribution is -2.31. The van der Waals surface area contributed by atoms with Crippen LogP contribution in [0, 0.1) is 11.8 Å². The first-order valence-electron chi connectivity index (χ1n) is 6.56. The monoisotopic (exact) mass is 252 g/mol. The van der Waals surface area contributed by atoms with Crippen LogP contribution in [-0.2, 0) is 11.3 Å². The number of carbonyl (C=O) groups is 1. The molecule has 1 aromatic rings. The van der Waals surface area contributed by atoms with Crippen molar-refractivity contribution in [2.24, 2.45) is 17.6 Å². The molecule has 0 radical (unpaired) electrons. The molecule has 5 heteroatoms. The van der Waals surface area contributed by atoms with Crippen LogP contribution < -0.4 is 11.1 Å². The fraction of sp³-hybridized carbons (Fsp3) is 0.692. The third kappa shape index (κ3) is 5.82. The van der Waals surface area contributed by atoms with Gasteiger partial charge in [0.15, 0.2) is 0 Å². The van der Waals surface area contributed by atoms with Gasteiger partial charge in [-0.15, -0.1) is 0 Å². The largest absolute Gasteiger partial charge is 0.354 e. The molecule has 1 aromatic heterocycles. The Bertz CT molecular complexity index is 335. The quantitative estimate of drug-likeness (QED) is 0.725. The second-order valence-electron chi connectivity index (χ2n) is 5.05. The van der Waals surface area contributed by atoms with Gasteiger partial charge in [0.05, 0.1) is 6.54 Å². The molecule has 0 aliphatic carbocycles. The third-order valence-corrected chi connectivity index (χ3v) is 2.83. The molecule has 0 aromatic carbocycles. The summed E-state index contributed by atoms with van der Waals surface area (Å²) in [5, 5.41) is 6.98. The highest BCUT2D eigenvalue weighted by Crippen LogP contribution is 2.13. The lowest BCUT2D eigenvalue weighted by molar-refractivity contribution is -0.122. The van der Waals surface area contributed by atoms with Gasteiger partial charge < -0.3 is 11.1 Å². The molecule has 1 rings (SSSR count). The fourth-order valence-electron chi connectivity index (χ4n) is 2.01. The number of nitrogens with one attached hydrogen (secondary N) is 1. The zero-order valence-corrected chi connectivity index (χ0v) is 11.3. The number of amides is 1. The van der Waals surface area contributed by atoms with Gasteiger partial charge in [0.25, 0.3) is 0 Å².